The number of piperidine rings is 1. The van der Waals surface area contributed by atoms with E-state index >= 15 is 0 Å². The minimum atomic E-state index is -1.26. The summed E-state index contributed by atoms with van der Waals surface area (Å²) in [6.07, 6.45) is 3.56. The number of methoxy groups -OCH3 is 1. The Labute approximate surface area is 192 Å². The monoisotopic (exact) mass is 450 g/mol. The van der Waals surface area contributed by atoms with E-state index in [9.17, 15) is 9.59 Å². The number of hydrogen-bond acceptors (Lipinski definition) is 7. The molecule has 5 rings (SSSR count). The van der Waals surface area contributed by atoms with E-state index in [0.717, 1.165) is 30.2 Å². The van der Waals surface area contributed by atoms with Gasteiger partial charge in [-0.05, 0) is 55.2 Å². The second kappa shape index (κ2) is 11.6. The fourth-order valence-corrected chi connectivity index (χ4v) is 3.69. The lowest BCUT2D eigenvalue weighted by atomic mass is 10.1. The van der Waals surface area contributed by atoms with Gasteiger partial charge in [0.25, 0.3) is 0 Å². The topological polar surface area (TPSA) is 116 Å². The molecule has 2 bridgehead atoms. The second-order valence-corrected chi connectivity index (χ2v) is 7.53. The summed E-state index contributed by atoms with van der Waals surface area (Å²) in [6.45, 7) is 4.58. The predicted octanol–water partition coefficient (Wildman–Crippen LogP) is 1.88. The summed E-state index contributed by atoms with van der Waals surface area (Å²) >= 11 is 0. The third-order valence-corrected chi connectivity index (χ3v) is 5.39. The lowest BCUT2D eigenvalue weighted by Gasteiger charge is -2.31. The SMILES string of the molecule is COc1ccc(C#Cc2ccc(N3CCN4CCC3CC4)nn2)cc1.O=C(O)/C=C/C(=O)O. The Balaban J connectivity index is 0.000000331. The molecule has 0 aliphatic carbocycles. The number of nitrogens with zero attached hydrogens (tertiary/aromatic N) is 4. The molecule has 0 atom stereocenters. The van der Waals surface area contributed by atoms with Crippen molar-refractivity contribution < 1.29 is 24.5 Å². The molecular weight excluding hydrogens is 424 g/mol. The van der Waals surface area contributed by atoms with Crippen LogP contribution in [0, 0.1) is 11.8 Å². The summed E-state index contributed by atoms with van der Waals surface area (Å²) in [7, 11) is 1.66. The number of fused-ring (bicyclic) bond motifs is 4. The van der Waals surface area contributed by atoms with Gasteiger partial charge in [0.05, 0.1) is 7.11 Å². The number of hydrogen-bond donors (Lipinski definition) is 2. The molecule has 1 aromatic heterocycles. The molecule has 0 spiro atoms. The highest BCUT2D eigenvalue weighted by molar-refractivity contribution is 5.89. The van der Waals surface area contributed by atoms with Crippen LogP contribution in [-0.2, 0) is 9.59 Å². The third-order valence-electron chi connectivity index (χ3n) is 5.39. The van der Waals surface area contributed by atoms with Crippen molar-refractivity contribution in [1.82, 2.24) is 15.1 Å². The molecule has 3 aliphatic rings. The van der Waals surface area contributed by atoms with Crippen molar-refractivity contribution in [2.75, 3.05) is 38.2 Å². The normalized spacial score (nSPS) is 19.0. The zero-order valence-electron chi connectivity index (χ0n) is 18.3. The van der Waals surface area contributed by atoms with Crippen LogP contribution in [0.5, 0.6) is 5.75 Å². The van der Waals surface area contributed by atoms with Crippen LogP contribution < -0.4 is 9.64 Å². The zero-order valence-corrected chi connectivity index (χ0v) is 18.3. The first kappa shape index (κ1) is 23.8. The van der Waals surface area contributed by atoms with Gasteiger partial charge in [-0.2, -0.15) is 0 Å². The Morgan fingerprint density at radius 1 is 0.939 bits per heavy atom. The number of ether oxygens (including phenoxy) is 1. The predicted molar refractivity (Wildman–Crippen MR) is 122 cm³/mol. The summed E-state index contributed by atoms with van der Waals surface area (Å²) < 4.78 is 5.15. The van der Waals surface area contributed by atoms with Crippen LogP contribution >= 0.6 is 0 Å². The minimum absolute atomic E-state index is 0.558. The average Bonchev–Trinajstić information content (AvgIpc) is 3.16. The molecule has 4 heterocycles. The van der Waals surface area contributed by atoms with Crippen molar-refractivity contribution in [3.63, 3.8) is 0 Å². The summed E-state index contributed by atoms with van der Waals surface area (Å²) in [4.78, 5) is 24.1. The van der Waals surface area contributed by atoms with Crippen molar-refractivity contribution >= 4 is 17.8 Å². The smallest absolute Gasteiger partial charge is 0.328 e. The standard InChI is InChI=1S/C20H22N4O.C4H4O4/c1-25-19-7-3-16(4-8-19)2-5-17-6-9-20(22-21-17)24-15-14-23-12-10-18(24)11-13-23;5-3(6)1-2-4(7)8/h3-4,6-9,18H,10-15H2,1H3;1-2H,(H,5,6)(H,7,8)/b;2-1+. The molecule has 2 aromatic rings. The molecule has 2 N–H and O–H groups in total. The quantitative estimate of drug-likeness (QED) is 0.532. The van der Waals surface area contributed by atoms with Gasteiger partial charge in [0.1, 0.15) is 11.4 Å². The van der Waals surface area contributed by atoms with Crippen molar-refractivity contribution in [2.24, 2.45) is 0 Å². The molecule has 9 nitrogen and oxygen atoms in total. The minimum Gasteiger partial charge on any atom is -0.497 e. The van der Waals surface area contributed by atoms with Crippen LogP contribution in [0.4, 0.5) is 5.82 Å². The zero-order chi connectivity index (χ0) is 23.6. The van der Waals surface area contributed by atoms with E-state index < -0.39 is 11.9 Å². The van der Waals surface area contributed by atoms with Crippen molar-refractivity contribution in [3.8, 4) is 17.6 Å². The molecule has 3 saturated heterocycles. The molecule has 0 radical (unpaired) electrons. The van der Waals surface area contributed by atoms with Gasteiger partial charge < -0.3 is 24.7 Å². The number of anilines is 1. The number of benzene rings is 1. The molecule has 172 valence electrons. The molecule has 1 aromatic carbocycles. The number of carbonyl (C=O) groups is 2. The first-order valence-electron chi connectivity index (χ1n) is 10.6. The molecule has 0 amide bonds. The summed E-state index contributed by atoms with van der Waals surface area (Å²) in [6, 6.07) is 12.3. The number of aromatic nitrogens is 2. The molecular formula is C24H26N4O5. The van der Waals surface area contributed by atoms with Gasteiger partial charge in [0.15, 0.2) is 5.82 Å². The van der Waals surface area contributed by atoms with Gasteiger partial charge in [-0.25, -0.2) is 9.59 Å². The van der Waals surface area contributed by atoms with Gasteiger partial charge in [-0.15, -0.1) is 10.2 Å². The van der Waals surface area contributed by atoms with Crippen molar-refractivity contribution in [2.45, 2.75) is 18.9 Å². The van der Waals surface area contributed by atoms with Crippen molar-refractivity contribution in [1.29, 1.82) is 0 Å². The molecule has 3 aliphatic heterocycles. The fourth-order valence-electron chi connectivity index (χ4n) is 3.69. The van der Waals surface area contributed by atoms with Gasteiger partial charge in [-0.3, -0.25) is 0 Å². The summed E-state index contributed by atoms with van der Waals surface area (Å²) in [5, 5.41) is 24.4. The highest BCUT2D eigenvalue weighted by Gasteiger charge is 2.29. The largest absolute Gasteiger partial charge is 0.497 e. The van der Waals surface area contributed by atoms with E-state index in [1.54, 1.807) is 7.11 Å². The first-order valence-corrected chi connectivity index (χ1v) is 10.6. The lowest BCUT2D eigenvalue weighted by Crippen LogP contribution is -2.38. The van der Waals surface area contributed by atoms with Gasteiger partial charge in [0, 0.05) is 49.9 Å². The Bertz CT molecular complexity index is 1020. The molecule has 0 saturated carbocycles. The maximum absolute atomic E-state index is 9.55. The van der Waals surface area contributed by atoms with E-state index in [-0.39, 0.29) is 0 Å². The Morgan fingerprint density at radius 2 is 1.61 bits per heavy atom. The van der Waals surface area contributed by atoms with Crippen molar-refractivity contribution in [3.05, 3.63) is 59.8 Å². The van der Waals surface area contributed by atoms with Crippen LogP contribution in [0.3, 0.4) is 0 Å². The maximum atomic E-state index is 9.55. The highest BCUT2D eigenvalue weighted by Crippen LogP contribution is 2.24. The second-order valence-electron chi connectivity index (χ2n) is 7.53. The van der Waals surface area contributed by atoms with E-state index in [1.807, 2.05) is 30.3 Å². The van der Waals surface area contributed by atoms with Crippen LogP contribution in [-0.4, -0.2) is 76.6 Å². The van der Waals surface area contributed by atoms with Crippen LogP contribution in [0.1, 0.15) is 24.1 Å². The first-order chi connectivity index (χ1) is 15.9. The molecule has 9 heteroatoms. The number of carboxylic acids is 2. The fraction of sp³-hybridized carbons (Fsp3) is 0.333. The molecule has 3 fully saturated rings. The third kappa shape index (κ3) is 7.33. The highest BCUT2D eigenvalue weighted by atomic mass is 16.5. The average molecular weight is 450 g/mol. The summed E-state index contributed by atoms with van der Waals surface area (Å²) in [5.41, 5.74) is 1.63. The van der Waals surface area contributed by atoms with Gasteiger partial charge in [-0.1, -0.05) is 5.92 Å². The van der Waals surface area contributed by atoms with E-state index in [0.29, 0.717) is 23.9 Å². The Kier molecular flexibility index (Phi) is 8.38. The van der Waals surface area contributed by atoms with Crippen LogP contribution in [0.2, 0.25) is 0 Å². The van der Waals surface area contributed by atoms with E-state index in [1.165, 1.54) is 25.9 Å². The summed E-state index contributed by atoms with van der Waals surface area (Å²) in [5.74, 6) is 5.50. The molecule has 33 heavy (non-hydrogen) atoms. The maximum Gasteiger partial charge on any atom is 0.328 e. The Hall–Kier alpha value is -3.90. The number of aliphatic carboxylic acids is 2. The van der Waals surface area contributed by atoms with E-state index in [4.69, 9.17) is 14.9 Å². The van der Waals surface area contributed by atoms with Gasteiger partial charge >= 0.3 is 11.9 Å². The number of rotatable bonds is 4. The number of carboxylic acid groups (broad SMARTS) is 2. The molecule has 0 unspecified atom stereocenters. The lowest BCUT2D eigenvalue weighted by molar-refractivity contribution is -0.134. The van der Waals surface area contributed by atoms with E-state index in [2.05, 4.69) is 37.9 Å². The van der Waals surface area contributed by atoms with Crippen LogP contribution in [0.25, 0.3) is 0 Å². The van der Waals surface area contributed by atoms with Gasteiger partial charge in [0.2, 0.25) is 0 Å². The Morgan fingerprint density at radius 3 is 2.15 bits per heavy atom. The van der Waals surface area contributed by atoms with Crippen LogP contribution in [0.15, 0.2) is 48.6 Å².